The van der Waals surface area contributed by atoms with Crippen LogP contribution in [0.15, 0.2) is 28.7 Å². The van der Waals surface area contributed by atoms with Gasteiger partial charge in [0, 0.05) is 16.9 Å². The van der Waals surface area contributed by atoms with Crippen LogP contribution in [0.1, 0.15) is 52.1 Å². The summed E-state index contributed by atoms with van der Waals surface area (Å²) in [5.41, 5.74) is 7.26. The summed E-state index contributed by atoms with van der Waals surface area (Å²) in [7, 11) is 0. The molecule has 1 aromatic carbocycles. The molecule has 3 N–H and O–H groups in total. The molecule has 0 aliphatic heterocycles. The summed E-state index contributed by atoms with van der Waals surface area (Å²) in [6.07, 6.45) is 1.21. The average molecular weight is 341 g/mol. The molecular formula is C16H25BrN2O. The van der Waals surface area contributed by atoms with Crippen molar-refractivity contribution in [1.82, 2.24) is 5.32 Å². The van der Waals surface area contributed by atoms with Crippen LogP contribution in [-0.2, 0) is 4.79 Å². The lowest BCUT2D eigenvalue weighted by Crippen LogP contribution is -2.35. The lowest BCUT2D eigenvalue weighted by Gasteiger charge is -2.23. The maximum absolute atomic E-state index is 12.0. The highest BCUT2D eigenvalue weighted by atomic mass is 79.9. The van der Waals surface area contributed by atoms with E-state index in [0.29, 0.717) is 6.42 Å². The second kappa shape index (κ2) is 7.23. The first kappa shape index (κ1) is 17.2. The summed E-state index contributed by atoms with van der Waals surface area (Å²) in [4.78, 5) is 12.0. The Morgan fingerprint density at radius 3 is 2.60 bits per heavy atom. The van der Waals surface area contributed by atoms with Gasteiger partial charge in [0.15, 0.2) is 0 Å². The number of amides is 1. The van der Waals surface area contributed by atoms with Gasteiger partial charge in [0.2, 0.25) is 5.91 Å². The number of nitrogens with one attached hydrogen (secondary N) is 1. The summed E-state index contributed by atoms with van der Waals surface area (Å²) in [6, 6.07) is 7.85. The number of halogens is 1. The first-order valence-electron chi connectivity index (χ1n) is 6.98. The van der Waals surface area contributed by atoms with Crippen molar-refractivity contribution in [2.75, 3.05) is 0 Å². The molecule has 0 fully saturated rings. The van der Waals surface area contributed by atoms with E-state index in [9.17, 15) is 4.79 Å². The largest absolute Gasteiger partial charge is 0.350 e. The highest BCUT2D eigenvalue weighted by molar-refractivity contribution is 9.10. The molecule has 2 atom stereocenters. The van der Waals surface area contributed by atoms with E-state index >= 15 is 0 Å². The molecule has 0 saturated heterocycles. The summed E-state index contributed by atoms with van der Waals surface area (Å²) >= 11 is 3.44. The van der Waals surface area contributed by atoms with Gasteiger partial charge in [0.05, 0.1) is 6.04 Å². The Hall–Kier alpha value is -0.870. The Morgan fingerprint density at radius 2 is 2.05 bits per heavy atom. The quantitative estimate of drug-likeness (QED) is 0.856. The Morgan fingerprint density at radius 1 is 1.40 bits per heavy atom. The monoisotopic (exact) mass is 340 g/mol. The first-order chi connectivity index (χ1) is 9.17. The van der Waals surface area contributed by atoms with Gasteiger partial charge in [0.1, 0.15) is 0 Å². The fraction of sp³-hybridized carbons (Fsp3) is 0.562. The van der Waals surface area contributed by atoms with Crippen LogP contribution < -0.4 is 11.1 Å². The Kier molecular flexibility index (Phi) is 6.21. The molecule has 0 spiro atoms. The second-order valence-electron chi connectivity index (χ2n) is 6.57. The molecule has 0 saturated carbocycles. The minimum Gasteiger partial charge on any atom is -0.350 e. The van der Waals surface area contributed by atoms with Crippen molar-refractivity contribution in [3.05, 3.63) is 34.3 Å². The van der Waals surface area contributed by atoms with Crippen LogP contribution in [-0.4, -0.2) is 11.9 Å². The number of carbonyl (C=O) groups excluding carboxylic acids is 1. The minimum atomic E-state index is -0.0929. The standard InChI is InChI=1S/C16H25BrN2O/c1-11(12-6-5-7-13(17)8-12)19-15(20)9-14(18)10-16(2,3)4/h5-8,11,14H,9-10,18H2,1-4H3,(H,19,20)/t11-,14?/m0/s1. The van der Waals surface area contributed by atoms with Crippen LogP contribution >= 0.6 is 15.9 Å². The van der Waals surface area contributed by atoms with Crippen LogP contribution in [0.2, 0.25) is 0 Å². The molecule has 20 heavy (non-hydrogen) atoms. The van der Waals surface area contributed by atoms with E-state index in [1.54, 1.807) is 0 Å². The number of carbonyl (C=O) groups is 1. The molecule has 112 valence electrons. The maximum Gasteiger partial charge on any atom is 0.222 e. The number of rotatable bonds is 5. The molecule has 1 aromatic rings. The summed E-state index contributed by atoms with van der Waals surface area (Å²) < 4.78 is 1.01. The van der Waals surface area contributed by atoms with E-state index in [2.05, 4.69) is 42.0 Å². The van der Waals surface area contributed by atoms with Crippen LogP contribution in [0.4, 0.5) is 0 Å². The molecule has 0 bridgehead atoms. The molecule has 0 aromatic heterocycles. The average Bonchev–Trinajstić information content (AvgIpc) is 2.25. The van der Waals surface area contributed by atoms with Gasteiger partial charge in [-0.25, -0.2) is 0 Å². The molecule has 1 unspecified atom stereocenters. The van der Waals surface area contributed by atoms with Crippen molar-refractivity contribution in [3.8, 4) is 0 Å². The Balaban J connectivity index is 2.50. The van der Waals surface area contributed by atoms with Crippen LogP contribution in [0.5, 0.6) is 0 Å². The third-order valence-corrected chi connectivity index (χ3v) is 3.54. The number of benzene rings is 1. The number of hydrogen-bond acceptors (Lipinski definition) is 2. The van der Waals surface area contributed by atoms with Crippen LogP contribution in [0, 0.1) is 5.41 Å². The summed E-state index contributed by atoms with van der Waals surface area (Å²) in [5, 5.41) is 3.00. The fourth-order valence-corrected chi connectivity index (χ4v) is 2.67. The molecule has 0 heterocycles. The zero-order valence-electron chi connectivity index (χ0n) is 12.7. The zero-order chi connectivity index (χ0) is 15.3. The van der Waals surface area contributed by atoms with Crippen molar-refractivity contribution in [2.24, 2.45) is 11.1 Å². The summed E-state index contributed by atoms with van der Waals surface area (Å²) in [6.45, 7) is 8.38. The fourth-order valence-electron chi connectivity index (χ4n) is 2.26. The van der Waals surface area contributed by atoms with Gasteiger partial charge >= 0.3 is 0 Å². The molecule has 0 aliphatic rings. The van der Waals surface area contributed by atoms with Crippen LogP contribution in [0.25, 0.3) is 0 Å². The molecule has 4 heteroatoms. The maximum atomic E-state index is 12.0. The number of nitrogens with two attached hydrogens (primary N) is 1. The Labute approximate surface area is 130 Å². The molecule has 0 radical (unpaired) electrons. The topological polar surface area (TPSA) is 55.1 Å². The third-order valence-electron chi connectivity index (χ3n) is 3.05. The van der Waals surface area contributed by atoms with Crippen molar-refractivity contribution in [2.45, 2.75) is 52.6 Å². The number of hydrogen-bond donors (Lipinski definition) is 2. The van der Waals surface area contributed by atoms with E-state index in [-0.39, 0.29) is 23.4 Å². The first-order valence-corrected chi connectivity index (χ1v) is 7.77. The molecular weight excluding hydrogens is 316 g/mol. The molecule has 3 nitrogen and oxygen atoms in total. The molecule has 1 amide bonds. The van der Waals surface area contributed by atoms with Gasteiger partial charge in [-0.1, -0.05) is 48.8 Å². The lowest BCUT2D eigenvalue weighted by atomic mass is 9.87. The highest BCUT2D eigenvalue weighted by Gasteiger charge is 2.19. The molecule has 1 rings (SSSR count). The highest BCUT2D eigenvalue weighted by Crippen LogP contribution is 2.21. The van der Waals surface area contributed by atoms with Gasteiger partial charge in [0.25, 0.3) is 0 Å². The van der Waals surface area contributed by atoms with E-state index in [1.165, 1.54) is 0 Å². The van der Waals surface area contributed by atoms with Gasteiger partial charge in [-0.15, -0.1) is 0 Å². The van der Waals surface area contributed by atoms with Gasteiger partial charge in [-0.3, -0.25) is 4.79 Å². The van der Waals surface area contributed by atoms with Gasteiger partial charge in [-0.2, -0.15) is 0 Å². The van der Waals surface area contributed by atoms with E-state index < -0.39 is 0 Å². The van der Waals surface area contributed by atoms with Gasteiger partial charge in [-0.05, 0) is 36.5 Å². The Bertz CT molecular complexity index is 454. The minimum absolute atomic E-state index is 0.00854. The predicted molar refractivity (Wildman–Crippen MR) is 87.4 cm³/mol. The molecule has 0 aliphatic carbocycles. The van der Waals surface area contributed by atoms with Gasteiger partial charge < -0.3 is 11.1 Å². The van der Waals surface area contributed by atoms with E-state index in [1.807, 2.05) is 31.2 Å². The van der Waals surface area contributed by atoms with E-state index in [0.717, 1.165) is 16.5 Å². The van der Waals surface area contributed by atoms with Crippen LogP contribution in [0.3, 0.4) is 0 Å². The van der Waals surface area contributed by atoms with Crippen molar-refractivity contribution in [1.29, 1.82) is 0 Å². The normalized spacial score (nSPS) is 14.7. The van der Waals surface area contributed by atoms with Crippen molar-refractivity contribution >= 4 is 21.8 Å². The van der Waals surface area contributed by atoms with E-state index in [4.69, 9.17) is 5.73 Å². The lowest BCUT2D eigenvalue weighted by molar-refractivity contribution is -0.122. The van der Waals surface area contributed by atoms with Crippen molar-refractivity contribution in [3.63, 3.8) is 0 Å². The zero-order valence-corrected chi connectivity index (χ0v) is 14.3. The SMILES string of the molecule is C[C@H](NC(=O)CC(N)CC(C)(C)C)c1cccc(Br)c1. The third kappa shape index (κ3) is 6.53. The van der Waals surface area contributed by atoms with Crippen molar-refractivity contribution < 1.29 is 4.79 Å². The summed E-state index contributed by atoms with van der Waals surface area (Å²) in [5.74, 6) is 0.00854. The predicted octanol–water partition coefficient (Wildman–Crippen LogP) is 3.78. The second-order valence-corrected chi connectivity index (χ2v) is 7.49. The smallest absolute Gasteiger partial charge is 0.222 e.